The van der Waals surface area contributed by atoms with E-state index in [1.54, 1.807) is 0 Å². The van der Waals surface area contributed by atoms with E-state index >= 15 is 0 Å². The van der Waals surface area contributed by atoms with E-state index in [2.05, 4.69) is 5.32 Å². The zero-order valence-corrected chi connectivity index (χ0v) is 11.3. The average molecular weight is 256 g/mol. The van der Waals surface area contributed by atoms with Crippen LogP contribution in [0.15, 0.2) is 0 Å². The number of carbonyl (C=O) groups excluding carboxylic acids is 1. The summed E-state index contributed by atoms with van der Waals surface area (Å²) in [6, 6.07) is 0.192. The van der Waals surface area contributed by atoms with Crippen LogP contribution in [0.25, 0.3) is 0 Å². The highest BCUT2D eigenvalue weighted by atomic mass is 16.5. The molecule has 0 aromatic rings. The van der Waals surface area contributed by atoms with Gasteiger partial charge in [-0.05, 0) is 26.8 Å². The maximum Gasteiger partial charge on any atom is 0.237 e. The first kappa shape index (κ1) is 13.8. The molecule has 2 N–H and O–H groups in total. The second-order valence-electron chi connectivity index (χ2n) is 5.71. The summed E-state index contributed by atoms with van der Waals surface area (Å²) >= 11 is 0. The van der Waals surface area contributed by atoms with E-state index < -0.39 is 5.60 Å². The molecule has 1 unspecified atom stereocenters. The van der Waals surface area contributed by atoms with Gasteiger partial charge in [-0.25, -0.2) is 0 Å². The lowest BCUT2D eigenvalue weighted by molar-refractivity contribution is -0.128. The van der Waals surface area contributed by atoms with Gasteiger partial charge < -0.3 is 15.2 Å². The van der Waals surface area contributed by atoms with Gasteiger partial charge in [0, 0.05) is 38.6 Å². The predicted octanol–water partition coefficient (Wildman–Crippen LogP) is 0.127. The average Bonchev–Trinajstić information content (AvgIpc) is 3.12. The minimum atomic E-state index is -0.707. The van der Waals surface area contributed by atoms with Crippen molar-refractivity contribution in [3.8, 4) is 0 Å². The Morgan fingerprint density at radius 3 is 2.67 bits per heavy atom. The van der Waals surface area contributed by atoms with E-state index in [-0.39, 0.29) is 11.9 Å². The Balaban J connectivity index is 1.81. The lowest BCUT2D eigenvalue weighted by Gasteiger charge is -2.37. The SMILES string of the molecule is CC(C(=O)NC1CC1)N(C)CC1(O)CCOCC1. The lowest BCUT2D eigenvalue weighted by atomic mass is 9.93. The number of carbonyl (C=O) groups is 1. The summed E-state index contributed by atoms with van der Waals surface area (Å²) in [6.07, 6.45) is 3.50. The van der Waals surface area contributed by atoms with Gasteiger partial charge in [-0.2, -0.15) is 0 Å². The summed E-state index contributed by atoms with van der Waals surface area (Å²) in [5.74, 6) is 0.0654. The largest absolute Gasteiger partial charge is 0.388 e. The molecule has 0 radical (unpaired) electrons. The van der Waals surface area contributed by atoms with Gasteiger partial charge in [0.2, 0.25) is 5.91 Å². The van der Waals surface area contributed by atoms with Gasteiger partial charge in [-0.3, -0.25) is 9.69 Å². The zero-order chi connectivity index (χ0) is 13.2. The molecule has 0 spiro atoms. The number of amides is 1. The molecule has 1 amide bonds. The summed E-state index contributed by atoms with van der Waals surface area (Å²) < 4.78 is 5.26. The highest BCUT2D eigenvalue weighted by Crippen LogP contribution is 2.22. The monoisotopic (exact) mass is 256 g/mol. The number of ether oxygens (including phenoxy) is 1. The minimum absolute atomic E-state index is 0.0654. The summed E-state index contributed by atoms with van der Waals surface area (Å²) in [5, 5.41) is 13.4. The van der Waals surface area contributed by atoms with Crippen molar-refractivity contribution >= 4 is 5.91 Å². The summed E-state index contributed by atoms with van der Waals surface area (Å²) in [6.45, 7) is 3.62. The van der Waals surface area contributed by atoms with Gasteiger partial charge in [-0.15, -0.1) is 0 Å². The molecule has 5 nitrogen and oxygen atoms in total. The molecule has 1 heterocycles. The van der Waals surface area contributed by atoms with E-state index in [4.69, 9.17) is 4.74 Å². The molecule has 1 atom stereocenters. The number of rotatable bonds is 5. The predicted molar refractivity (Wildman–Crippen MR) is 68.3 cm³/mol. The van der Waals surface area contributed by atoms with E-state index in [0.717, 1.165) is 12.8 Å². The first-order chi connectivity index (χ1) is 8.50. The van der Waals surface area contributed by atoms with E-state index in [0.29, 0.717) is 38.6 Å². The van der Waals surface area contributed by atoms with E-state index in [9.17, 15) is 9.90 Å². The van der Waals surface area contributed by atoms with Gasteiger partial charge in [0.05, 0.1) is 11.6 Å². The van der Waals surface area contributed by atoms with Crippen molar-refractivity contribution in [3.63, 3.8) is 0 Å². The Labute approximate surface area is 108 Å². The molecule has 0 aromatic carbocycles. The van der Waals surface area contributed by atoms with Crippen molar-refractivity contribution in [3.05, 3.63) is 0 Å². The second kappa shape index (κ2) is 5.55. The molecule has 18 heavy (non-hydrogen) atoms. The standard InChI is InChI=1S/C13H24N2O3/c1-10(12(16)14-11-3-4-11)15(2)9-13(17)5-7-18-8-6-13/h10-11,17H,3-9H2,1-2H3,(H,14,16). The van der Waals surface area contributed by atoms with Crippen molar-refractivity contribution in [2.45, 2.75) is 50.3 Å². The smallest absolute Gasteiger partial charge is 0.237 e. The number of likely N-dealkylation sites (N-methyl/N-ethyl adjacent to an activating group) is 1. The fourth-order valence-corrected chi connectivity index (χ4v) is 2.26. The Kier molecular flexibility index (Phi) is 4.25. The van der Waals surface area contributed by atoms with Crippen LogP contribution in [0.5, 0.6) is 0 Å². The number of nitrogens with zero attached hydrogens (tertiary/aromatic N) is 1. The molecule has 1 aliphatic heterocycles. The van der Waals surface area contributed by atoms with Crippen LogP contribution in [0.2, 0.25) is 0 Å². The molecule has 0 bridgehead atoms. The van der Waals surface area contributed by atoms with Crippen molar-refractivity contribution in [2.75, 3.05) is 26.8 Å². The van der Waals surface area contributed by atoms with Gasteiger partial charge >= 0.3 is 0 Å². The molecule has 1 saturated heterocycles. The van der Waals surface area contributed by atoms with Crippen LogP contribution in [-0.4, -0.2) is 60.4 Å². The molecular formula is C13H24N2O3. The van der Waals surface area contributed by atoms with E-state index in [1.165, 1.54) is 0 Å². The van der Waals surface area contributed by atoms with Crippen LogP contribution >= 0.6 is 0 Å². The molecule has 5 heteroatoms. The zero-order valence-electron chi connectivity index (χ0n) is 11.3. The Morgan fingerprint density at radius 1 is 1.50 bits per heavy atom. The van der Waals surface area contributed by atoms with Crippen molar-refractivity contribution < 1.29 is 14.6 Å². The summed E-state index contributed by atoms with van der Waals surface area (Å²) in [5.41, 5.74) is -0.707. The Hall–Kier alpha value is -0.650. The fourth-order valence-electron chi connectivity index (χ4n) is 2.26. The Bertz CT molecular complexity index is 299. The minimum Gasteiger partial charge on any atom is -0.388 e. The number of hydrogen-bond acceptors (Lipinski definition) is 4. The van der Waals surface area contributed by atoms with Crippen LogP contribution in [0.3, 0.4) is 0 Å². The van der Waals surface area contributed by atoms with Crippen LogP contribution in [-0.2, 0) is 9.53 Å². The quantitative estimate of drug-likeness (QED) is 0.734. The molecule has 2 aliphatic rings. The highest BCUT2D eigenvalue weighted by molar-refractivity contribution is 5.81. The topological polar surface area (TPSA) is 61.8 Å². The first-order valence-corrected chi connectivity index (χ1v) is 6.81. The van der Waals surface area contributed by atoms with Gasteiger partial charge in [-0.1, -0.05) is 0 Å². The number of nitrogens with one attached hydrogen (secondary N) is 1. The molecule has 2 fully saturated rings. The molecular weight excluding hydrogens is 232 g/mol. The third kappa shape index (κ3) is 3.67. The molecule has 0 aromatic heterocycles. The van der Waals surface area contributed by atoms with Gasteiger partial charge in [0.25, 0.3) is 0 Å². The first-order valence-electron chi connectivity index (χ1n) is 6.81. The Morgan fingerprint density at radius 2 is 2.11 bits per heavy atom. The third-order valence-corrected chi connectivity index (χ3v) is 3.93. The van der Waals surface area contributed by atoms with Crippen molar-refractivity contribution in [1.82, 2.24) is 10.2 Å². The number of aliphatic hydroxyl groups is 1. The number of hydrogen-bond donors (Lipinski definition) is 2. The van der Waals surface area contributed by atoms with Gasteiger partial charge in [0.15, 0.2) is 0 Å². The van der Waals surface area contributed by atoms with Crippen molar-refractivity contribution in [1.29, 1.82) is 0 Å². The highest BCUT2D eigenvalue weighted by Gasteiger charge is 2.34. The normalized spacial score (nSPS) is 24.9. The van der Waals surface area contributed by atoms with Crippen LogP contribution in [0.4, 0.5) is 0 Å². The second-order valence-corrected chi connectivity index (χ2v) is 5.71. The fraction of sp³-hybridized carbons (Fsp3) is 0.923. The molecule has 104 valence electrons. The van der Waals surface area contributed by atoms with E-state index in [1.807, 2.05) is 18.9 Å². The van der Waals surface area contributed by atoms with Crippen LogP contribution < -0.4 is 5.32 Å². The van der Waals surface area contributed by atoms with Crippen LogP contribution in [0, 0.1) is 0 Å². The van der Waals surface area contributed by atoms with Crippen LogP contribution in [0.1, 0.15) is 32.6 Å². The maximum atomic E-state index is 11.9. The van der Waals surface area contributed by atoms with Crippen molar-refractivity contribution in [2.24, 2.45) is 0 Å². The maximum absolute atomic E-state index is 11.9. The molecule has 1 aliphatic carbocycles. The third-order valence-electron chi connectivity index (χ3n) is 3.93. The molecule has 2 rings (SSSR count). The summed E-state index contributed by atoms with van der Waals surface area (Å²) in [7, 11) is 1.89. The van der Waals surface area contributed by atoms with Gasteiger partial charge in [0.1, 0.15) is 0 Å². The summed E-state index contributed by atoms with van der Waals surface area (Å²) in [4.78, 5) is 13.9. The molecule has 1 saturated carbocycles. The lowest BCUT2D eigenvalue weighted by Crippen LogP contribution is -2.52.